The highest BCUT2D eigenvalue weighted by Crippen LogP contribution is 2.36. The van der Waals surface area contributed by atoms with Crippen LogP contribution in [-0.2, 0) is 16.9 Å². The molecular weight excluding hydrogens is 475 g/mol. The van der Waals surface area contributed by atoms with E-state index in [0.29, 0.717) is 11.9 Å². The van der Waals surface area contributed by atoms with Crippen molar-refractivity contribution in [2.24, 2.45) is 7.05 Å². The highest BCUT2D eigenvalue weighted by Gasteiger charge is 2.34. The third kappa shape index (κ3) is 4.59. The van der Waals surface area contributed by atoms with Crippen LogP contribution in [0.1, 0.15) is 50.0 Å². The molecule has 0 atom stereocenters. The average molecular weight is 511 g/mol. The standard InChI is InChI=1S/C28H35FN4O2S/c1-31-27-18-25(29)24(17-26(27)30-28(31)20-3-7-23(8-4-20)36(2,34)35)19-9-13-32(14-10-19)22-11-15-33(16-12-22)21-5-6-21/h3-4,7-8,17-19,21-22H,5-6,9-16H2,1-2H3. The van der Waals surface area contributed by atoms with Gasteiger partial charge in [-0.3, -0.25) is 0 Å². The lowest BCUT2D eigenvalue weighted by Gasteiger charge is -2.42. The van der Waals surface area contributed by atoms with Gasteiger partial charge in [0.2, 0.25) is 0 Å². The quantitative estimate of drug-likeness (QED) is 0.503. The molecule has 2 aromatic carbocycles. The van der Waals surface area contributed by atoms with Crippen LogP contribution in [-0.4, -0.2) is 72.3 Å². The smallest absolute Gasteiger partial charge is 0.175 e. The van der Waals surface area contributed by atoms with Gasteiger partial charge in [0.1, 0.15) is 11.6 Å². The lowest BCUT2D eigenvalue weighted by Crippen LogP contribution is -2.48. The zero-order chi connectivity index (χ0) is 25.0. The van der Waals surface area contributed by atoms with Crippen LogP contribution in [0.25, 0.3) is 22.4 Å². The summed E-state index contributed by atoms with van der Waals surface area (Å²) in [6, 6.07) is 11.8. The molecule has 3 heterocycles. The summed E-state index contributed by atoms with van der Waals surface area (Å²) in [5, 5.41) is 0. The van der Waals surface area contributed by atoms with Crippen molar-refractivity contribution < 1.29 is 12.8 Å². The summed E-state index contributed by atoms with van der Waals surface area (Å²) in [6.45, 7) is 4.55. The normalized spacial score (nSPS) is 21.4. The van der Waals surface area contributed by atoms with E-state index in [0.717, 1.165) is 54.1 Å². The average Bonchev–Trinajstić information content (AvgIpc) is 3.68. The molecule has 0 unspecified atom stereocenters. The number of aromatic nitrogens is 2. The second-order valence-electron chi connectivity index (χ2n) is 11.0. The Morgan fingerprint density at radius 3 is 2.03 bits per heavy atom. The number of benzene rings is 2. The molecule has 1 aliphatic carbocycles. The zero-order valence-corrected chi connectivity index (χ0v) is 22.0. The van der Waals surface area contributed by atoms with Crippen LogP contribution in [0.3, 0.4) is 0 Å². The Bertz CT molecular complexity index is 1360. The van der Waals surface area contributed by atoms with Crippen LogP contribution in [0.15, 0.2) is 41.3 Å². The molecule has 3 aliphatic rings. The summed E-state index contributed by atoms with van der Waals surface area (Å²) in [4.78, 5) is 10.4. The Morgan fingerprint density at radius 1 is 0.861 bits per heavy atom. The van der Waals surface area contributed by atoms with Gasteiger partial charge in [0, 0.05) is 37.0 Å². The second-order valence-corrected chi connectivity index (χ2v) is 13.0. The van der Waals surface area contributed by atoms with Crippen molar-refractivity contribution >= 4 is 20.9 Å². The molecule has 2 saturated heterocycles. The maximum absolute atomic E-state index is 15.3. The van der Waals surface area contributed by atoms with Gasteiger partial charge in [-0.15, -0.1) is 0 Å². The van der Waals surface area contributed by atoms with E-state index in [-0.39, 0.29) is 16.6 Å². The molecule has 0 radical (unpaired) electrons. The Morgan fingerprint density at radius 2 is 1.44 bits per heavy atom. The topological polar surface area (TPSA) is 58.4 Å². The first-order valence-electron chi connectivity index (χ1n) is 13.2. The summed E-state index contributed by atoms with van der Waals surface area (Å²) in [5.74, 6) is 0.770. The maximum Gasteiger partial charge on any atom is 0.175 e. The van der Waals surface area contributed by atoms with Crippen LogP contribution < -0.4 is 0 Å². The van der Waals surface area contributed by atoms with E-state index in [4.69, 9.17) is 4.98 Å². The Balaban J connectivity index is 1.17. The monoisotopic (exact) mass is 510 g/mol. The molecule has 36 heavy (non-hydrogen) atoms. The van der Waals surface area contributed by atoms with E-state index in [1.807, 2.05) is 17.7 Å². The number of piperidine rings is 2. The lowest BCUT2D eigenvalue weighted by molar-refractivity contribution is 0.0841. The van der Waals surface area contributed by atoms with E-state index in [2.05, 4.69) is 9.80 Å². The van der Waals surface area contributed by atoms with Gasteiger partial charge >= 0.3 is 0 Å². The molecule has 2 aliphatic heterocycles. The fourth-order valence-electron chi connectivity index (χ4n) is 6.28. The largest absolute Gasteiger partial charge is 0.327 e. The Hall–Kier alpha value is -2.29. The minimum absolute atomic E-state index is 0.152. The number of aryl methyl sites for hydroxylation is 1. The Labute approximate surface area is 213 Å². The van der Waals surface area contributed by atoms with Gasteiger partial charge in [-0.1, -0.05) is 0 Å². The predicted octanol–water partition coefficient (Wildman–Crippen LogP) is 4.59. The van der Waals surface area contributed by atoms with Gasteiger partial charge in [-0.05, 0) is 107 Å². The van der Waals surface area contributed by atoms with Crippen molar-refractivity contribution in [3.8, 4) is 11.4 Å². The van der Waals surface area contributed by atoms with Gasteiger partial charge < -0.3 is 14.4 Å². The van der Waals surface area contributed by atoms with Gasteiger partial charge in [0.15, 0.2) is 9.84 Å². The van der Waals surface area contributed by atoms with Gasteiger partial charge in [0.05, 0.1) is 15.9 Å². The number of sulfone groups is 1. The van der Waals surface area contributed by atoms with Crippen LogP contribution in [0.4, 0.5) is 4.39 Å². The molecule has 0 amide bonds. The number of hydrogen-bond donors (Lipinski definition) is 0. The summed E-state index contributed by atoms with van der Waals surface area (Å²) < 4.78 is 40.8. The maximum atomic E-state index is 15.3. The third-order valence-corrected chi connectivity index (χ3v) is 9.72. The molecule has 3 aromatic rings. The van der Waals surface area contributed by atoms with Crippen molar-refractivity contribution in [3.63, 3.8) is 0 Å². The minimum atomic E-state index is -3.26. The first-order chi connectivity index (χ1) is 17.3. The van der Waals surface area contributed by atoms with E-state index < -0.39 is 9.84 Å². The van der Waals surface area contributed by atoms with E-state index >= 15 is 4.39 Å². The number of halogens is 1. The summed E-state index contributed by atoms with van der Waals surface area (Å²) in [5.41, 5.74) is 3.12. The molecule has 6 nitrogen and oxygen atoms in total. The van der Waals surface area contributed by atoms with Gasteiger partial charge in [0.25, 0.3) is 0 Å². The van der Waals surface area contributed by atoms with Crippen LogP contribution in [0, 0.1) is 5.82 Å². The first kappa shape index (κ1) is 24.1. The molecule has 1 saturated carbocycles. The molecular formula is C28H35FN4O2S. The molecule has 3 fully saturated rings. The summed E-state index contributed by atoms with van der Waals surface area (Å²) in [7, 11) is -1.38. The van der Waals surface area contributed by atoms with Crippen LogP contribution in [0.2, 0.25) is 0 Å². The lowest BCUT2D eigenvalue weighted by atomic mass is 9.87. The predicted molar refractivity (Wildman–Crippen MR) is 140 cm³/mol. The highest BCUT2D eigenvalue weighted by molar-refractivity contribution is 7.90. The van der Waals surface area contributed by atoms with Crippen molar-refractivity contribution in [2.45, 2.75) is 61.4 Å². The first-order valence-corrected chi connectivity index (χ1v) is 15.1. The van der Waals surface area contributed by atoms with Crippen LogP contribution >= 0.6 is 0 Å². The molecule has 1 aromatic heterocycles. The third-order valence-electron chi connectivity index (χ3n) is 8.59. The Kier molecular flexibility index (Phi) is 6.17. The van der Waals surface area contributed by atoms with Crippen molar-refractivity contribution in [3.05, 3.63) is 47.8 Å². The molecule has 192 valence electrons. The number of hydrogen-bond acceptors (Lipinski definition) is 5. The SMILES string of the molecule is Cn1c(-c2ccc(S(C)(=O)=O)cc2)nc2cc(C3CCN(C4CCN(C5CC5)CC4)CC3)c(F)cc21. The van der Waals surface area contributed by atoms with Gasteiger partial charge in [-0.2, -0.15) is 0 Å². The fourth-order valence-corrected chi connectivity index (χ4v) is 6.91. The number of imidazole rings is 1. The molecule has 8 heteroatoms. The molecule has 6 rings (SSSR count). The van der Waals surface area contributed by atoms with E-state index in [1.165, 1.54) is 45.0 Å². The molecule has 0 spiro atoms. The molecule has 0 bridgehead atoms. The van der Waals surface area contributed by atoms with Crippen molar-refractivity contribution in [1.82, 2.24) is 19.4 Å². The summed E-state index contributed by atoms with van der Waals surface area (Å²) >= 11 is 0. The fraction of sp³-hybridized carbons (Fsp3) is 0.536. The number of fused-ring (bicyclic) bond motifs is 1. The van der Waals surface area contributed by atoms with Crippen molar-refractivity contribution in [2.75, 3.05) is 32.4 Å². The number of likely N-dealkylation sites (tertiary alicyclic amines) is 2. The summed E-state index contributed by atoms with van der Waals surface area (Å²) in [6.07, 6.45) is 8.48. The van der Waals surface area contributed by atoms with Crippen LogP contribution in [0.5, 0.6) is 0 Å². The van der Waals surface area contributed by atoms with E-state index in [1.54, 1.807) is 30.3 Å². The van der Waals surface area contributed by atoms with E-state index in [9.17, 15) is 8.42 Å². The number of rotatable bonds is 5. The van der Waals surface area contributed by atoms with Gasteiger partial charge in [-0.25, -0.2) is 17.8 Å². The number of nitrogens with zero attached hydrogens (tertiary/aromatic N) is 4. The minimum Gasteiger partial charge on any atom is -0.327 e. The zero-order valence-electron chi connectivity index (χ0n) is 21.2. The second kappa shape index (κ2) is 9.23. The van der Waals surface area contributed by atoms with Crippen molar-refractivity contribution in [1.29, 1.82) is 0 Å². The molecule has 0 N–H and O–H groups in total. The highest BCUT2D eigenvalue weighted by atomic mass is 32.2.